The third-order valence-electron chi connectivity index (χ3n) is 8.47. The van der Waals surface area contributed by atoms with Gasteiger partial charge in [-0.2, -0.15) is 9.78 Å². The Morgan fingerprint density at radius 3 is 2.34 bits per heavy atom. The number of hydrogen-bond donors (Lipinski definition) is 5. The zero-order valence-corrected chi connectivity index (χ0v) is 34.6. The highest BCUT2D eigenvalue weighted by atomic mass is 35.5. The van der Waals surface area contributed by atoms with Crippen LogP contribution in [0.15, 0.2) is 84.0 Å². The average Bonchev–Trinajstić information content (AvgIpc) is 3.69. The number of likely N-dealkylation sites (N-methyl/N-ethyl adjacent to an activating group) is 1. The summed E-state index contributed by atoms with van der Waals surface area (Å²) >= 11 is 6.22. The standard InChI is InChI=1S/C18H20ClN5O.C12H21N3O2S.C10H14O3/c1-11(2)18(25)20-14-9-7-13(8-10-14)5-4-6-15-21-22-17-16(19)12(3)23-24(15)17;1-4-15(8-7-14-18(3,16)17)11-5-6-12(13)10(2)9-11;1-8-2-4-10(5-3-8)13-7-9(12)6-11/h7-10,16H,1,4-6H2,2-3H3,(H,20,25);5-6,9,14H,4,7-8,13H2,1-3H3;2-5,9,11-12H,6-7H2,1H3. The fraction of sp³-hybridized carbons (Fsp3) is 0.400. The van der Waals surface area contributed by atoms with E-state index in [1.165, 1.54) is 5.56 Å². The van der Waals surface area contributed by atoms with Gasteiger partial charge in [-0.25, -0.2) is 13.1 Å². The summed E-state index contributed by atoms with van der Waals surface area (Å²) in [6.45, 7) is 14.9. The Hall–Kier alpha value is -4.80. The molecule has 0 saturated carbocycles. The maximum Gasteiger partial charge on any atom is 0.250 e. The third kappa shape index (κ3) is 15.0. The molecular weight excluding hydrogens is 756 g/mol. The number of nitrogens with zero attached hydrogens (tertiary/aromatic N) is 5. The Balaban J connectivity index is 0.000000239. The third-order valence-corrected chi connectivity index (χ3v) is 9.71. The first kappa shape index (κ1) is 45.6. The fourth-order valence-electron chi connectivity index (χ4n) is 5.16. The number of nitrogens with one attached hydrogen (secondary N) is 2. The zero-order chi connectivity index (χ0) is 41.4. The van der Waals surface area contributed by atoms with Crippen LogP contribution >= 0.6 is 11.6 Å². The van der Waals surface area contributed by atoms with Crippen molar-refractivity contribution in [2.75, 3.05) is 55.1 Å². The average molecular weight is 811 g/mol. The minimum Gasteiger partial charge on any atom is -0.491 e. The highest BCUT2D eigenvalue weighted by Gasteiger charge is 2.27. The summed E-state index contributed by atoms with van der Waals surface area (Å²) in [7, 11) is -3.12. The summed E-state index contributed by atoms with van der Waals surface area (Å²) in [6.07, 6.45) is 2.97. The van der Waals surface area contributed by atoms with Crippen molar-refractivity contribution in [1.29, 1.82) is 0 Å². The lowest BCUT2D eigenvalue weighted by Crippen LogP contribution is -2.34. The van der Waals surface area contributed by atoms with Crippen LogP contribution in [0.2, 0.25) is 0 Å². The summed E-state index contributed by atoms with van der Waals surface area (Å²) in [4.78, 5) is 13.7. The Morgan fingerprint density at radius 1 is 1.07 bits per heavy atom. The van der Waals surface area contributed by atoms with E-state index in [9.17, 15) is 13.2 Å². The number of ether oxygens (including phenoxy) is 1. The SMILES string of the molecule is C=C(C)C(=O)Nc1ccc(CCCc2nnc3n2N=C(C)C3Cl)cc1.CCN(CCNS(C)(=O)=O)c1ccc(N)c(C)c1.Cc1ccc(OCC(O)CO)cc1. The smallest absolute Gasteiger partial charge is 0.250 e. The van der Waals surface area contributed by atoms with E-state index in [-0.39, 0.29) is 24.5 Å². The van der Waals surface area contributed by atoms with E-state index in [1.54, 1.807) is 11.6 Å². The summed E-state index contributed by atoms with van der Waals surface area (Å²) in [5, 5.41) is 32.8. The highest BCUT2D eigenvalue weighted by molar-refractivity contribution is 7.88. The molecule has 3 aromatic carbocycles. The number of nitrogen functional groups attached to an aromatic ring is 1. The molecule has 0 radical (unpaired) electrons. The lowest BCUT2D eigenvalue weighted by Gasteiger charge is -2.23. The normalized spacial score (nSPS) is 13.6. The molecule has 304 valence electrons. The van der Waals surface area contributed by atoms with Gasteiger partial charge in [-0.05, 0) is 101 Å². The zero-order valence-electron chi connectivity index (χ0n) is 33.0. The monoisotopic (exact) mass is 810 g/mol. The van der Waals surface area contributed by atoms with E-state index in [0.29, 0.717) is 30.2 Å². The first-order valence-corrected chi connectivity index (χ1v) is 20.6. The van der Waals surface area contributed by atoms with E-state index in [1.807, 2.05) is 94.4 Å². The molecule has 2 atom stereocenters. The minimum absolute atomic E-state index is 0.125. The lowest BCUT2D eigenvalue weighted by atomic mass is 10.1. The number of alkyl halides is 1. The van der Waals surface area contributed by atoms with Crippen LogP contribution in [-0.4, -0.2) is 90.3 Å². The molecule has 1 aliphatic heterocycles. The number of halogens is 1. The maximum atomic E-state index is 11.6. The van der Waals surface area contributed by atoms with Crippen molar-refractivity contribution in [1.82, 2.24) is 19.6 Å². The molecule has 6 N–H and O–H groups in total. The van der Waals surface area contributed by atoms with Crippen molar-refractivity contribution < 1.29 is 28.2 Å². The van der Waals surface area contributed by atoms with Gasteiger partial charge in [0.15, 0.2) is 11.6 Å². The van der Waals surface area contributed by atoms with E-state index in [2.05, 4.69) is 36.8 Å². The second-order valence-corrected chi connectivity index (χ2v) is 15.7. The predicted octanol–water partition coefficient (Wildman–Crippen LogP) is 5.17. The van der Waals surface area contributed by atoms with Gasteiger partial charge < -0.3 is 30.9 Å². The fourth-order valence-corrected chi connectivity index (χ4v) is 5.80. The number of carbonyl (C=O) groups excluding carboxylic acids is 1. The summed E-state index contributed by atoms with van der Waals surface area (Å²) in [6, 6.07) is 21.2. The molecule has 0 fully saturated rings. The van der Waals surface area contributed by atoms with Crippen LogP contribution < -0.4 is 25.4 Å². The van der Waals surface area contributed by atoms with Crippen LogP contribution in [-0.2, 0) is 27.7 Å². The Kier molecular flexibility index (Phi) is 18.0. The van der Waals surface area contributed by atoms with Gasteiger partial charge in [0.25, 0.3) is 5.91 Å². The van der Waals surface area contributed by atoms with Crippen LogP contribution in [0.4, 0.5) is 17.1 Å². The number of amides is 1. The van der Waals surface area contributed by atoms with Crippen molar-refractivity contribution in [3.8, 4) is 5.75 Å². The molecular formula is C40H55ClN8O6S. The van der Waals surface area contributed by atoms with Crippen molar-refractivity contribution in [3.63, 3.8) is 0 Å². The number of carbonyl (C=O) groups is 1. The first-order chi connectivity index (χ1) is 26.5. The first-order valence-electron chi connectivity index (χ1n) is 18.2. The number of benzene rings is 3. The van der Waals surface area contributed by atoms with Crippen molar-refractivity contribution in [2.45, 2.75) is 65.4 Å². The molecule has 0 aliphatic carbocycles. The van der Waals surface area contributed by atoms with E-state index in [0.717, 1.165) is 71.8 Å². The number of anilines is 3. The summed E-state index contributed by atoms with van der Waals surface area (Å²) in [5.41, 5.74) is 13.1. The Bertz CT molecular complexity index is 2020. The molecule has 1 aromatic heterocycles. The second-order valence-electron chi connectivity index (χ2n) is 13.4. The van der Waals surface area contributed by atoms with Gasteiger partial charge >= 0.3 is 0 Å². The number of nitrogens with two attached hydrogens (primary N) is 1. The predicted molar refractivity (Wildman–Crippen MR) is 225 cm³/mol. The van der Waals surface area contributed by atoms with Gasteiger partial charge in [0.2, 0.25) is 10.0 Å². The number of aliphatic hydroxyl groups excluding tert-OH is 2. The number of aromatic nitrogens is 3. The van der Waals surface area contributed by atoms with Crippen LogP contribution in [0, 0.1) is 13.8 Å². The van der Waals surface area contributed by atoms with Gasteiger partial charge in [0.1, 0.15) is 23.8 Å². The minimum atomic E-state index is -3.12. The Morgan fingerprint density at radius 2 is 1.75 bits per heavy atom. The molecule has 2 heterocycles. The van der Waals surface area contributed by atoms with Gasteiger partial charge in [0, 0.05) is 48.7 Å². The van der Waals surface area contributed by atoms with E-state index >= 15 is 0 Å². The number of fused-ring (bicyclic) bond motifs is 1. The molecule has 0 saturated heterocycles. The van der Waals surface area contributed by atoms with E-state index < -0.39 is 16.1 Å². The van der Waals surface area contributed by atoms with Gasteiger partial charge in [-0.3, -0.25) is 4.79 Å². The highest BCUT2D eigenvalue weighted by Crippen LogP contribution is 2.27. The molecule has 56 heavy (non-hydrogen) atoms. The topological polar surface area (TPSA) is 197 Å². The summed E-state index contributed by atoms with van der Waals surface area (Å²) in [5.74, 6) is 2.08. The maximum absolute atomic E-state index is 11.6. The molecule has 4 aromatic rings. The molecule has 0 spiro atoms. The quantitative estimate of drug-likeness (QED) is 0.0573. The van der Waals surface area contributed by atoms with Crippen LogP contribution in [0.3, 0.4) is 0 Å². The van der Waals surface area contributed by atoms with Crippen molar-refractivity contribution in [3.05, 3.63) is 107 Å². The lowest BCUT2D eigenvalue weighted by molar-refractivity contribution is -0.112. The second kappa shape index (κ2) is 22.1. The number of sulfonamides is 1. The molecule has 5 rings (SSSR count). The van der Waals surface area contributed by atoms with Crippen LogP contribution in [0.1, 0.15) is 60.9 Å². The van der Waals surface area contributed by atoms with E-state index in [4.69, 9.17) is 32.3 Å². The van der Waals surface area contributed by atoms with Crippen molar-refractivity contribution in [2.24, 2.45) is 5.10 Å². The molecule has 14 nitrogen and oxygen atoms in total. The molecule has 16 heteroatoms. The number of aliphatic hydroxyl groups is 2. The number of rotatable bonds is 16. The summed E-state index contributed by atoms with van der Waals surface area (Å²) < 4.78 is 31.4. The molecule has 0 bridgehead atoms. The van der Waals surface area contributed by atoms with Gasteiger partial charge in [0.05, 0.1) is 18.6 Å². The molecule has 1 aliphatic rings. The Labute approximate surface area is 335 Å². The van der Waals surface area contributed by atoms with Crippen LogP contribution in [0.5, 0.6) is 5.75 Å². The van der Waals surface area contributed by atoms with Gasteiger partial charge in [-0.1, -0.05) is 36.4 Å². The number of hydrogen-bond acceptors (Lipinski definition) is 11. The van der Waals surface area contributed by atoms with Gasteiger partial charge in [-0.15, -0.1) is 21.8 Å². The van der Waals surface area contributed by atoms with Crippen molar-refractivity contribution >= 4 is 50.3 Å². The number of aryl methyl sites for hydroxylation is 4. The largest absolute Gasteiger partial charge is 0.491 e. The molecule has 2 unspecified atom stereocenters. The molecule has 1 amide bonds. The van der Waals surface area contributed by atoms with Crippen LogP contribution in [0.25, 0.3) is 0 Å².